The lowest BCUT2D eigenvalue weighted by atomic mass is 10.1. The van der Waals surface area contributed by atoms with Gasteiger partial charge in [-0.3, -0.25) is 0 Å². The molecule has 112 valence electrons. The van der Waals surface area contributed by atoms with E-state index in [0.29, 0.717) is 0 Å². The van der Waals surface area contributed by atoms with Crippen molar-refractivity contribution in [2.24, 2.45) is 0 Å². The van der Waals surface area contributed by atoms with Crippen LogP contribution in [0.1, 0.15) is 37.7 Å². The molecule has 0 aromatic heterocycles. The van der Waals surface area contributed by atoms with Gasteiger partial charge in [0, 0.05) is 6.04 Å². The predicted molar refractivity (Wildman–Crippen MR) is 85.8 cm³/mol. The van der Waals surface area contributed by atoms with E-state index in [1.54, 1.807) is 14.2 Å². The van der Waals surface area contributed by atoms with E-state index in [4.69, 9.17) is 9.47 Å². The fourth-order valence-corrected chi connectivity index (χ4v) is 2.81. The van der Waals surface area contributed by atoms with Crippen LogP contribution >= 0.6 is 15.9 Å². The summed E-state index contributed by atoms with van der Waals surface area (Å²) in [5, 5.41) is 3.55. The van der Waals surface area contributed by atoms with E-state index in [1.807, 2.05) is 6.07 Å². The number of benzene rings is 1. The Labute approximate surface area is 130 Å². The average Bonchev–Trinajstić information content (AvgIpc) is 3.27. The van der Waals surface area contributed by atoms with E-state index < -0.39 is 0 Å². The molecule has 1 aromatic rings. The van der Waals surface area contributed by atoms with Crippen molar-refractivity contribution >= 4 is 15.9 Å². The van der Waals surface area contributed by atoms with Crippen molar-refractivity contribution in [3.63, 3.8) is 0 Å². The summed E-state index contributed by atoms with van der Waals surface area (Å²) < 4.78 is 11.7. The van der Waals surface area contributed by atoms with E-state index in [2.05, 4.69) is 27.3 Å². The fraction of sp³-hybridized carbons (Fsp3) is 0.625. The van der Waals surface area contributed by atoms with E-state index in [-0.39, 0.29) is 0 Å². The number of ether oxygens (including phenoxy) is 2. The Morgan fingerprint density at radius 2 is 1.85 bits per heavy atom. The number of methoxy groups -OCH3 is 2. The molecule has 1 saturated carbocycles. The number of unbranched alkanes of at least 4 members (excludes halogenated alkanes) is 2. The molecule has 2 rings (SSSR count). The maximum atomic E-state index is 5.45. The monoisotopic (exact) mass is 341 g/mol. The van der Waals surface area contributed by atoms with E-state index in [0.717, 1.165) is 35.0 Å². The lowest BCUT2D eigenvalue weighted by Gasteiger charge is -2.12. The van der Waals surface area contributed by atoms with Crippen LogP contribution < -0.4 is 14.8 Å². The highest BCUT2D eigenvalue weighted by atomic mass is 79.9. The molecule has 4 heteroatoms. The van der Waals surface area contributed by atoms with Gasteiger partial charge >= 0.3 is 0 Å². The molecule has 0 aliphatic heterocycles. The molecular weight excluding hydrogens is 318 g/mol. The van der Waals surface area contributed by atoms with Crippen LogP contribution in [0.4, 0.5) is 0 Å². The van der Waals surface area contributed by atoms with Crippen LogP contribution in [0.5, 0.6) is 11.5 Å². The molecule has 0 atom stereocenters. The number of aryl methyl sites for hydroxylation is 1. The SMILES string of the molecule is COc1cc(CCCCCNC2CC2)c(OC)cc1Br. The third kappa shape index (κ3) is 4.67. The van der Waals surface area contributed by atoms with Crippen molar-refractivity contribution in [1.29, 1.82) is 0 Å². The van der Waals surface area contributed by atoms with Gasteiger partial charge in [0.05, 0.1) is 18.7 Å². The highest BCUT2D eigenvalue weighted by Gasteiger charge is 2.19. The minimum Gasteiger partial charge on any atom is -0.496 e. The zero-order valence-electron chi connectivity index (χ0n) is 12.4. The Bertz CT molecular complexity index is 433. The van der Waals surface area contributed by atoms with Crippen LogP contribution in [-0.2, 0) is 6.42 Å². The molecule has 1 aliphatic carbocycles. The Morgan fingerprint density at radius 1 is 1.10 bits per heavy atom. The van der Waals surface area contributed by atoms with Gasteiger partial charge in [-0.2, -0.15) is 0 Å². The molecule has 20 heavy (non-hydrogen) atoms. The Morgan fingerprint density at radius 3 is 2.50 bits per heavy atom. The summed E-state index contributed by atoms with van der Waals surface area (Å²) in [4.78, 5) is 0. The second kappa shape index (κ2) is 7.89. The number of hydrogen-bond donors (Lipinski definition) is 1. The number of rotatable bonds is 9. The highest BCUT2D eigenvalue weighted by molar-refractivity contribution is 9.10. The van der Waals surface area contributed by atoms with E-state index in [1.165, 1.54) is 37.7 Å². The van der Waals surface area contributed by atoms with Crippen molar-refractivity contribution in [2.45, 2.75) is 44.6 Å². The van der Waals surface area contributed by atoms with Gasteiger partial charge in [-0.15, -0.1) is 0 Å². The summed E-state index contributed by atoms with van der Waals surface area (Å²) in [5.41, 5.74) is 1.22. The second-order valence-electron chi connectivity index (χ2n) is 5.34. The van der Waals surface area contributed by atoms with Gasteiger partial charge in [-0.1, -0.05) is 6.42 Å². The van der Waals surface area contributed by atoms with Crippen molar-refractivity contribution in [2.75, 3.05) is 20.8 Å². The summed E-state index contributed by atoms with van der Waals surface area (Å²) in [6.07, 6.45) is 7.48. The first kappa shape index (κ1) is 15.6. The summed E-state index contributed by atoms with van der Waals surface area (Å²) in [7, 11) is 3.41. The normalized spacial score (nSPS) is 14.3. The summed E-state index contributed by atoms with van der Waals surface area (Å²) in [6.45, 7) is 1.16. The summed E-state index contributed by atoms with van der Waals surface area (Å²) >= 11 is 3.49. The number of hydrogen-bond acceptors (Lipinski definition) is 3. The smallest absolute Gasteiger partial charge is 0.133 e. The van der Waals surface area contributed by atoms with Gasteiger partial charge in [0.15, 0.2) is 0 Å². The standard InChI is InChI=1S/C16H24BrNO2/c1-19-15-11-14(17)16(20-2)10-12(15)6-4-3-5-9-18-13-7-8-13/h10-11,13,18H,3-9H2,1-2H3. The zero-order valence-corrected chi connectivity index (χ0v) is 14.0. The van der Waals surface area contributed by atoms with Gasteiger partial charge in [-0.05, 0) is 72.3 Å². The Kier molecular flexibility index (Phi) is 6.17. The molecule has 0 amide bonds. The third-order valence-corrected chi connectivity index (χ3v) is 4.31. The maximum absolute atomic E-state index is 5.45. The minimum atomic E-state index is 0.825. The molecule has 0 heterocycles. The zero-order chi connectivity index (χ0) is 14.4. The van der Waals surface area contributed by atoms with Gasteiger partial charge in [-0.25, -0.2) is 0 Å². The van der Waals surface area contributed by atoms with Crippen LogP contribution in [0.25, 0.3) is 0 Å². The molecule has 0 unspecified atom stereocenters. The number of halogens is 1. The van der Waals surface area contributed by atoms with Gasteiger partial charge in [0.2, 0.25) is 0 Å². The Hall–Kier alpha value is -0.740. The lowest BCUT2D eigenvalue weighted by molar-refractivity contribution is 0.396. The molecule has 1 N–H and O–H groups in total. The average molecular weight is 342 g/mol. The summed E-state index contributed by atoms with van der Waals surface area (Å²) in [6, 6.07) is 4.89. The minimum absolute atomic E-state index is 0.825. The molecule has 1 fully saturated rings. The maximum Gasteiger partial charge on any atom is 0.133 e. The van der Waals surface area contributed by atoms with Gasteiger partial charge < -0.3 is 14.8 Å². The molecule has 0 spiro atoms. The van der Waals surface area contributed by atoms with Crippen molar-refractivity contribution in [3.8, 4) is 11.5 Å². The van der Waals surface area contributed by atoms with Crippen molar-refractivity contribution < 1.29 is 9.47 Å². The second-order valence-corrected chi connectivity index (χ2v) is 6.19. The van der Waals surface area contributed by atoms with Crippen LogP contribution in [0, 0.1) is 0 Å². The first-order chi connectivity index (χ1) is 9.74. The Balaban J connectivity index is 1.77. The molecule has 0 radical (unpaired) electrons. The summed E-state index contributed by atoms with van der Waals surface area (Å²) in [5.74, 6) is 1.81. The third-order valence-electron chi connectivity index (χ3n) is 3.69. The molecule has 0 saturated heterocycles. The quantitative estimate of drug-likeness (QED) is 0.690. The van der Waals surface area contributed by atoms with E-state index >= 15 is 0 Å². The molecular formula is C16H24BrNO2. The van der Waals surface area contributed by atoms with E-state index in [9.17, 15) is 0 Å². The van der Waals surface area contributed by atoms with Crippen molar-refractivity contribution in [1.82, 2.24) is 5.32 Å². The fourth-order valence-electron chi connectivity index (χ4n) is 2.33. The number of nitrogens with one attached hydrogen (secondary N) is 1. The highest BCUT2D eigenvalue weighted by Crippen LogP contribution is 2.33. The van der Waals surface area contributed by atoms with Gasteiger partial charge in [0.25, 0.3) is 0 Å². The predicted octanol–water partition coefficient (Wildman–Crippen LogP) is 3.93. The topological polar surface area (TPSA) is 30.5 Å². The molecule has 1 aromatic carbocycles. The molecule has 0 bridgehead atoms. The first-order valence-electron chi connectivity index (χ1n) is 7.38. The van der Waals surface area contributed by atoms with Crippen LogP contribution in [0.2, 0.25) is 0 Å². The molecule has 1 aliphatic rings. The van der Waals surface area contributed by atoms with Gasteiger partial charge in [0.1, 0.15) is 11.5 Å². The first-order valence-corrected chi connectivity index (χ1v) is 8.17. The molecule has 3 nitrogen and oxygen atoms in total. The van der Waals surface area contributed by atoms with Crippen LogP contribution in [0.15, 0.2) is 16.6 Å². The largest absolute Gasteiger partial charge is 0.496 e. The van der Waals surface area contributed by atoms with Crippen LogP contribution in [-0.4, -0.2) is 26.8 Å². The van der Waals surface area contributed by atoms with Crippen LogP contribution in [0.3, 0.4) is 0 Å². The van der Waals surface area contributed by atoms with Crippen molar-refractivity contribution in [3.05, 3.63) is 22.2 Å². The lowest BCUT2D eigenvalue weighted by Crippen LogP contribution is -2.17.